The molecular weight excluding hydrogens is 184 g/mol. The van der Waals surface area contributed by atoms with Crippen molar-refractivity contribution in [3.8, 4) is 0 Å². The molecule has 0 aromatic carbocycles. The van der Waals surface area contributed by atoms with Crippen molar-refractivity contribution in [3.63, 3.8) is 0 Å². The van der Waals surface area contributed by atoms with Crippen LogP contribution in [0, 0.1) is 0 Å². The van der Waals surface area contributed by atoms with Crippen molar-refractivity contribution in [2.45, 2.75) is 32.6 Å². The number of piperazine rings is 1. The van der Waals surface area contributed by atoms with Crippen molar-refractivity contribution in [3.05, 3.63) is 23.8 Å². The third kappa shape index (κ3) is 6.47. The number of rotatable bonds is 3. The molecule has 0 spiro atoms. The van der Waals surface area contributed by atoms with Crippen LogP contribution in [-0.2, 0) is 0 Å². The van der Waals surface area contributed by atoms with Crippen LogP contribution in [0.15, 0.2) is 23.8 Å². The van der Waals surface area contributed by atoms with Crippen LogP contribution < -0.4 is 10.6 Å². The van der Waals surface area contributed by atoms with Crippen LogP contribution in [0.2, 0.25) is 0 Å². The fourth-order valence-corrected chi connectivity index (χ4v) is 1.68. The van der Waals surface area contributed by atoms with E-state index in [-0.39, 0.29) is 0 Å². The first-order chi connectivity index (χ1) is 7.43. The monoisotopic (exact) mass is 208 g/mol. The Morgan fingerprint density at radius 2 is 1.80 bits per heavy atom. The number of unbranched alkanes of at least 4 members (excludes halogenated alkanes) is 1. The molecule has 0 bridgehead atoms. The van der Waals surface area contributed by atoms with Gasteiger partial charge in [0.1, 0.15) is 0 Å². The highest BCUT2D eigenvalue weighted by molar-refractivity contribution is 5.22. The maximum atomic E-state index is 3.22. The summed E-state index contributed by atoms with van der Waals surface area (Å²) in [5.74, 6) is 0. The molecule has 0 unspecified atom stereocenters. The molecular formula is C13H24N2. The molecule has 2 N–H and O–H groups in total. The van der Waals surface area contributed by atoms with E-state index in [1.165, 1.54) is 25.7 Å². The summed E-state index contributed by atoms with van der Waals surface area (Å²) >= 11 is 0. The second-order valence-corrected chi connectivity index (χ2v) is 4.06. The number of hydrogen-bond donors (Lipinski definition) is 2. The average Bonchev–Trinajstić information content (AvgIpc) is 2.82. The summed E-state index contributed by atoms with van der Waals surface area (Å²) in [6.45, 7) is 6.79. The fourth-order valence-electron chi connectivity index (χ4n) is 1.68. The summed E-state index contributed by atoms with van der Waals surface area (Å²) in [7, 11) is 0. The van der Waals surface area contributed by atoms with Crippen LogP contribution >= 0.6 is 0 Å². The van der Waals surface area contributed by atoms with E-state index in [0.717, 1.165) is 26.2 Å². The van der Waals surface area contributed by atoms with Gasteiger partial charge in [-0.15, -0.1) is 0 Å². The molecule has 1 fully saturated rings. The lowest BCUT2D eigenvalue weighted by molar-refractivity contribution is 0.534. The maximum absolute atomic E-state index is 3.22. The van der Waals surface area contributed by atoms with Gasteiger partial charge in [0, 0.05) is 26.2 Å². The quantitative estimate of drug-likeness (QED) is 0.743. The first kappa shape index (κ1) is 12.5. The molecule has 86 valence electrons. The van der Waals surface area contributed by atoms with Gasteiger partial charge in [-0.25, -0.2) is 0 Å². The molecule has 0 aromatic rings. The predicted molar refractivity (Wildman–Crippen MR) is 67.1 cm³/mol. The molecule has 1 aliphatic carbocycles. The van der Waals surface area contributed by atoms with Gasteiger partial charge < -0.3 is 10.6 Å². The summed E-state index contributed by atoms with van der Waals surface area (Å²) in [6.07, 6.45) is 11.8. The SMILES string of the molecule is C1CNCCN1.CCCCC1=CC=CC1. The van der Waals surface area contributed by atoms with Gasteiger partial charge in [0.2, 0.25) is 0 Å². The van der Waals surface area contributed by atoms with E-state index in [1.807, 2.05) is 0 Å². The van der Waals surface area contributed by atoms with E-state index in [2.05, 4.69) is 35.8 Å². The zero-order valence-corrected chi connectivity index (χ0v) is 9.89. The minimum absolute atomic E-state index is 1.14. The summed E-state index contributed by atoms with van der Waals surface area (Å²) in [5.41, 5.74) is 1.61. The number of nitrogens with one attached hydrogen (secondary N) is 2. The van der Waals surface area contributed by atoms with Crippen LogP contribution in [-0.4, -0.2) is 26.2 Å². The third-order valence-corrected chi connectivity index (χ3v) is 2.66. The molecule has 0 amide bonds. The van der Waals surface area contributed by atoms with Crippen LogP contribution in [0.5, 0.6) is 0 Å². The third-order valence-electron chi connectivity index (χ3n) is 2.66. The molecule has 0 aromatic heterocycles. The second-order valence-electron chi connectivity index (χ2n) is 4.06. The van der Waals surface area contributed by atoms with Crippen molar-refractivity contribution in [2.24, 2.45) is 0 Å². The van der Waals surface area contributed by atoms with Crippen LogP contribution in [0.4, 0.5) is 0 Å². The maximum Gasteiger partial charge on any atom is 0.00772 e. The van der Waals surface area contributed by atoms with Gasteiger partial charge in [0.05, 0.1) is 0 Å². The largest absolute Gasteiger partial charge is 0.314 e. The normalized spacial score (nSPS) is 19.4. The van der Waals surface area contributed by atoms with E-state index in [0.29, 0.717) is 0 Å². The topological polar surface area (TPSA) is 24.1 Å². The first-order valence-electron chi connectivity index (χ1n) is 6.19. The standard InChI is InChI=1S/C9H14.C4H10N2/c1-2-3-6-9-7-4-5-8-9;1-2-6-4-3-5-1/h4-5,7H,2-3,6,8H2,1H3;5-6H,1-4H2. The highest BCUT2D eigenvalue weighted by atomic mass is 15.0. The molecule has 1 saturated heterocycles. The van der Waals surface area contributed by atoms with E-state index >= 15 is 0 Å². The Balaban J connectivity index is 0.000000162. The summed E-state index contributed by atoms with van der Waals surface area (Å²) in [5, 5.41) is 6.44. The van der Waals surface area contributed by atoms with Crippen LogP contribution in [0.1, 0.15) is 32.6 Å². The van der Waals surface area contributed by atoms with Crippen molar-refractivity contribution in [1.29, 1.82) is 0 Å². The van der Waals surface area contributed by atoms with Crippen LogP contribution in [0.25, 0.3) is 0 Å². The smallest absolute Gasteiger partial charge is 0.00772 e. The fraction of sp³-hybridized carbons (Fsp3) is 0.692. The van der Waals surface area contributed by atoms with Gasteiger partial charge >= 0.3 is 0 Å². The Hall–Kier alpha value is -0.600. The van der Waals surface area contributed by atoms with Crippen molar-refractivity contribution < 1.29 is 0 Å². The number of allylic oxidation sites excluding steroid dienone is 4. The Labute approximate surface area is 93.8 Å². The molecule has 2 rings (SSSR count). The summed E-state index contributed by atoms with van der Waals surface area (Å²) in [6, 6.07) is 0. The van der Waals surface area contributed by atoms with E-state index in [4.69, 9.17) is 0 Å². The van der Waals surface area contributed by atoms with Crippen LogP contribution in [0.3, 0.4) is 0 Å². The highest BCUT2D eigenvalue weighted by Gasteiger charge is 1.96. The molecule has 2 nitrogen and oxygen atoms in total. The van der Waals surface area contributed by atoms with Gasteiger partial charge in [0.15, 0.2) is 0 Å². The van der Waals surface area contributed by atoms with E-state index in [9.17, 15) is 0 Å². The Bertz CT molecular complexity index is 191. The molecule has 1 aliphatic heterocycles. The van der Waals surface area contributed by atoms with Crippen molar-refractivity contribution >= 4 is 0 Å². The van der Waals surface area contributed by atoms with Gasteiger partial charge in [-0.3, -0.25) is 0 Å². The van der Waals surface area contributed by atoms with Gasteiger partial charge in [-0.05, 0) is 19.3 Å². The van der Waals surface area contributed by atoms with Crippen molar-refractivity contribution in [2.75, 3.05) is 26.2 Å². The molecule has 1 heterocycles. The minimum atomic E-state index is 1.14. The first-order valence-corrected chi connectivity index (χ1v) is 6.19. The summed E-state index contributed by atoms with van der Waals surface area (Å²) < 4.78 is 0. The van der Waals surface area contributed by atoms with Crippen molar-refractivity contribution in [1.82, 2.24) is 10.6 Å². The van der Waals surface area contributed by atoms with Gasteiger partial charge in [-0.1, -0.05) is 37.1 Å². The lowest BCUT2D eigenvalue weighted by Gasteiger charge is -2.11. The second kappa shape index (κ2) is 8.69. The van der Waals surface area contributed by atoms with E-state index < -0.39 is 0 Å². The Morgan fingerprint density at radius 3 is 2.20 bits per heavy atom. The van der Waals surface area contributed by atoms with E-state index in [1.54, 1.807) is 5.57 Å². The molecule has 15 heavy (non-hydrogen) atoms. The molecule has 2 aliphatic rings. The Morgan fingerprint density at radius 1 is 1.13 bits per heavy atom. The number of hydrogen-bond acceptors (Lipinski definition) is 2. The lowest BCUT2D eigenvalue weighted by Crippen LogP contribution is -2.39. The molecule has 0 atom stereocenters. The highest BCUT2D eigenvalue weighted by Crippen LogP contribution is 2.16. The van der Waals surface area contributed by atoms with Gasteiger partial charge in [-0.2, -0.15) is 0 Å². The molecule has 0 radical (unpaired) electrons. The average molecular weight is 208 g/mol. The summed E-state index contributed by atoms with van der Waals surface area (Å²) in [4.78, 5) is 0. The molecule has 2 heteroatoms. The van der Waals surface area contributed by atoms with Gasteiger partial charge in [0.25, 0.3) is 0 Å². The minimum Gasteiger partial charge on any atom is -0.314 e. The lowest BCUT2D eigenvalue weighted by atomic mass is 10.1. The molecule has 0 saturated carbocycles. The zero-order valence-electron chi connectivity index (χ0n) is 9.89. The Kier molecular flexibility index (Phi) is 7.22. The predicted octanol–water partition coefficient (Wildman–Crippen LogP) is 2.24. The zero-order chi connectivity index (χ0) is 10.8.